The molecule has 1 saturated carbocycles. The van der Waals surface area contributed by atoms with E-state index in [4.69, 9.17) is 0 Å². The van der Waals surface area contributed by atoms with E-state index >= 15 is 0 Å². The van der Waals surface area contributed by atoms with Crippen LogP contribution in [0.2, 0.25) is 0 Å². The van der Waals surface area contributed by atoms with Crippen LogP contribution in [0.25, 0.3) is 0 Å². The van der Waals surface area contributed by atoms with E-state index < -0.39 is 33.2 Å². The SMILES string of the molecule is CN([C@@H]1[C@H]2Cc3ccc(O)cc3[C@@]1(C)CCN2CC1CC1)S(=O)(=O)c1cccc(C(F)(F)F)c1. The van der Waals surface area contributed by atoms with Crippen molar-refractivity contribution in [3.8, 4) is 5.75 Å². The fourth-order valence-electron chi connectivity index (χ4n) is 6.00. The number of fused-ring (bicyclic) bond motifs is 4. The van der Waals surface area contributed by atoms with Gasteiger partial charge in [0.15, 0.2) is 0 Å². The second-order valence-electron chi connectivity index (χ2n) is 10.2. The lowest BCUT2D eigenvalue weighted by Gasteiger charge is -2.57. The number of benzene rings is 2. The Morgan fingerprint density at radius 1 is 1.18 bits per heavy atom. The third kappa shape index (κ3) is 3.91. The van der Waals surface area contributed by atoms with Gasteiger partial charge < -0.3 is 5.11 Å². The number of likely N-dealkylation sites (tertiary alicyclic amines) is 1. The van der Waals surface area contributed by atoms with Crippen LogP contribution >= 0.6 is 0 Å². The molecule has 0 aromatic heterocycles. The normalized spacial score (nSPS) is 27.6. The van der Waals surface area contributed by atoms with Crippen molar-refractivity contribution in [1.82, 2.24) is 9.21 Å². The van der Waals surface area contributed by atoms with Gasteiger partial charge in [-0.3, -0.25) is 4.90 Å². The molecule has 2 aromatic rings. The van der Waals surface area contributed by atoms with Crippen molar-refractivity contribution in [3.05, 3.63) is 59.2 Å². The molecule has 3 aliphatic rings. The van der Waals surface area contributed by atoms with Gasteiger partial charge in [-0.1, -0.05) is 19.1 Å². The number of hydrogen-bond acceptors (Lipinski definition) is 4. The minimum Gasteiger partial charge on any atom is -0.508 e. The van der Waals surface area contributed by atoms with Crippen molar-refractivity contribution in [2.45, 2.75) is 61.2 Å². The standard InChI is InChI=1S/C25H29F3N2O3S/c1-24-10-11-30(15-16-6-7-16)22(12-17-8-9-19(31)14-21(17)24)23(24)29(2)34(32,33)20-5-3-4-18(13-20)25(26,27)28/h3-5,8-9,13-14,16,22-23,31H,6-7,10-12,15H2,1-2H3/t22-,23-,24-/m1/s1. The summed E-state index contributed by atoms with van der Waals surface area (Å²) in [5.41, 5.74) is 0.445. The molecule has 184 valence electrons. The third-order valence-corrected chi connectivity index (χ3v) is 9.80. The maximum atomic E-state index is 13.7. The van der Waals surface area contributed by atoms with E-state index in [2.05, 4.69) is 4.90 Å². The molecule has 1 saturated heterocycles. The zero-order valence-electron chi connectivity index (χ0n) is 19.2. The first-order valence-electron chi connectivity index (χ1n) is 11.6. The van der Waals surface area contributed by atoms with Crippen LogP contribution in [0.4, 0.5) is 13.2 Å². The molecular formula is C25H29F3N2O3S. The molecule has 3 atom stereocenters. The number of phenolic OH excluding ortho intramolecular Hbond substituents is 1. The smallest absolute Gasteiger partial charge is 0.416 e. The van der Waals surface area contributed by atoms with Crippen LogP contribution in [0.5, 0.6) is 5.75 Å². The molecule has 1 aliphatic heterocycles. The van der Waals surface area contributed by atoms with Gasteiger partial charge in [0.1, 0.15) is 5.75 Å². The molecule has 5 rings (SSSR count). The number of alkyl halides is 3. The number of likely N-dealkylation sites (N-methyl/N-ethyl adjacent to an activating group) is 1. The molecule has 2 fully saturated rings. The highest BCUT2D eigenvalue weighted by Crippen LogP contribution is 2.49. The summed E-state index contributed by atoms with van der Waals surface area (Å²) >= 11 is 0. The fraction of sp³-hybridized carbons (Fsp3) is 0.520. The summed E-state index contributed by atoms with van der Waals surface area (Å²) in [7, 11) is -2.72. The molecular weight excluding hydrogens is 465 g/mol. The first-order chi connectivity index (χ1) is 15.9. The number of phenols is 1. The maximum absolute atomic E-state index is 13.7. The Morgan fingerprint density at radius 2 is 1.91 bits per heavy atom. The van der Waals surface area contributed by atoms with Gasteiger partial charge in [-0.25, -0.2) is 8.42 Å². The quantitative estimate of drug-likeness (QED) is 0.670. The Hall–Kier alpha value is -2.10. The van der Waals surface area contributed by atoms with Gasteiger partial charge in [-0.05, 0) is 79.6 Å². The second-order valence-corrected chi connectivity index (χ2v) is 12.2. The second kappa shape index (κ2) is 7.96. The molecule has 2 aliphatic carbocycles. The Bertz CT molecular complexity index is 1210. The Labute approximate surface area is 198 Å². The lowest BCUT2D eigenvalue weighted by molar-refractivity contribution is -0.137. The van der Waals surface area contributed by atoms with E-state index in [1.165, 1.54) is 30.3 Å². The minimum atomic E-state index is -4.63. The maximum Gasteiger partial charge on any atom is 0.416 e. The first kappa shape index (κ1) is 23.6. The van der Waals surface area contributed by atoms with Crippen LogP contribution in [0.15, 0.2) is 47.4 Å². The van der Waals surface area contributed by atoms with Gasteiger partial charge in [0.2, 0.25) is 10.0 Å². The summed E-state index contributed by atoms with van der Waals surface area (Å²) in [5, 5.41) is 10.2. The summed E-state index contributed by atoms with van der Waals surface area (Å²) < 4.78 is 68.6. The average molecular weight is 495 g/mol. The van der Waals surface area contributed by atoms with Crippen LogP contribution < -0.4 is 0 Å². The van der Waals surface area contributed by atoms with Gasteiger partial charge in [-0.15, -0.1) is 0 Å². The highest BCUT2D eigenvalue weighted by molar-refractivity contribution is 7.89. The highest BCUT2D eigenvalue weighted by Gasteiger charge is 2.55. The summed E-state index contributed by atoms with van der Waals surface area (Å²) in [5.74, 6) is 0.748. The summed E-state index contributed by atoms with van der Waals surface area (Å²) in [6, 6.07) is 8.68. The fourth-order valence-corrected chi connectivity index (χ4v) is 7.53. The van der Waals surface area contributed by atoms with Crippen LogP contribution in [0, 0.1) is 5.92 Å². The number of sulfonamides is 1. The highest BCUT2D eigenvalue weighted by atomic mass is 32.2. The lowest BCUT2D eigenvalue weighted by atomic mass is 9.61. The number of nitrogens with zero attached hydrogens (tertiary/aromatic N) is 2. The van der Waals surface area contributed by atoms with Crippen LogP contribution in [0.3, 0.4) is 0 Å². The predicted molar refractivity (Wildman–Crippen MR) is 122 cm³/mol. The number of hydrogen-bond donors (Lipinski definition) is 1. The van der Waals surface area contributed by atoms with E-state index in [-0.39, 0.29) is 16.7 Å². The Kier molecular flexibility index (Phi) is 5.53. The third-order valence-electron chi connectivity index (χ3n) is 7.96. The molecule has 34 heavy (non-hydrogen) atoms. The number of rotatable bonds is 5. The molecule has 2 bridgehead atoms. The molecule has 1 heterocycles. The number of piperidine rings is 1. The Balaban J connectivity index is 1.59. The first-order valence-corrected chi connectivity index (χ1v) is 13.1. The molecule has 1 N–H and O–H groups in total. The lowest BCUT2D eigenvalue weighted by Crippen LogP contribution is -2.68. The molecule has 0 radical (unpaired) electrons. The van der Waals surface area contributed by atoms with E-state index in [0.29, 0.717) is 24.8 Å². The van der Waals surface area contributed by atoms with Gasteiger partial charge in [0.25, 0.3) is 0 Å². The van der Waals surface area contributed by atoms with Crippen molar-refractivity contribution in [1.29, 1.82) is 0 Å². The van der Waals surface area contributed by atoms with E-state index in [9.17, 15) is 26.7 Å². The molecule has 9 heteroatoms. The average Bonchev–Trinajstić information content (AvgIpc) is 3.60. The van der Waals surface area contributed by atoms with Crippen molar-refractivity contribution in [2.75, 3.05) is 20.1 Å². The molecule has 0 spiro atoms. The molecule has 0 amide bonds. The van der Waals surface area contributed by atoms with Crippen LogP contribution in [0.1, 0.15) is 42.9 Å². The Morgan fingerprint density at radius 3 is 2.59 bits per heavy atom. The van der Waals surface area contributed by atoms with E-state index in [1.54, 1.807) is 12.1 Å². The van der Waals surface area contributed by atoms with Crippen LogP contribution in [-0.2, 0) is 28.0 Å². The molecule has 2 aromatic carbocycles. The largest absolute Gasteiger partial charge is 0.508 e. The van der Waals surface area contributed by atoms with Crippen LogP contribution in [-0.4, -0.2) is 55.0 Å². The molecule has 5 nitrogen and oxygen atoms in total. The number of halogens is 3. The van der Waals surface area contributed by atoms with Gasteiger partial charge in [0.05, 0.1) is 16.5 Å². The van der Waals surface area contributed by atoms with Crippen molar-refractivity contribution in [2.24, 2.45) is 5.92 Å². The van der Waals surface area contributed by atoms with E-state index in [0.717, 1.165) is 36.3 Å². The predicted octanol–water partition coefficient (Wildman–Crippen LogP) is 4.40. The summed E-state index contributed by atoms with van der Waals surface area (Å²) in [4.78, 5) is 2.01. The zero-order chi connectivity index (χ0) is 24.5. The van der Waals surface area contributed by atoms with E-state index in [1.807, 2.05) is 13.0 Å². The monoisotopic (exact) mass is 494 g/mol. The summed E-state index contributed by atoms with van der Waals surface area (Å²) in [6.07, 6.45) is -0.957. The van der Waals surface area contributed by atoms with Gasteiger partial charge in [0, 0.05) is 25.0 Å². The van der Waals surface area contributed by atoms with Gasteiger partial charge >= 0.3 is 6.18 Å². The zero-order valence-corrected chi connectivity index (χ0v) is 20.0. The summed E-state index contributed by atoms with van der Waals surface area (Å²) in [6.45, 7) is 3.75. The van der Waals surface area contributed by atoms with Gasteiger partial charge in [-0.2, -0.15) is 17.5 Å². The van der Waals surface area contributed by atoms with Crippen molar-refractivity contribution < 1.29 is 26.7 Å². The topological polar surface area (TPSA) is 60.9 Å². The van der Waals surface area contributed by atoms with Crippen molar-refractivity contribution in [3.63, 3.8) is 0 Å². The number of aromatic hydroxyl groups is 1. The molecule has 0 unspecified atom stereocenters. The van der Waals surface area contributed by atoms with Crippen molar-refractivity contribution >= 4 is 10.0 Å². The minimum absolute atomic E-state index is 0.0954.